The van der Waals surface area contributed by atoms with Gasteiger partial charge in [0.25, 0.3) is 0 Å². The molecule has 0 aliphatic heterocycles. The van der Waals surface area contributed by atoms with Crippen LogP contribution in [0.5, 0.6) is 0 Å². The van der Waals surface area contributed by atoms with E-state index in [2.05, 4.69) is 5.43 Å². The molecule has 2 nitrogen and oxygen atoms in total. The number of hydrogen-bond donors (Lipinski definition) is 1. The van der Waals surface area contributed by atoms with E-state index in [9.17, 15) is 0 Å². The average molecular weight is 211 g/mol. The van der Waals surface area contributed by atoms with Crippen molar-refractivity contribution in [2.75, 3.05) is 5.43 Å². The Balaban J connectivity index is 2.71. The average Bonchev–Trinajstić information content (AvgIpc) is 1.85. The highest BCUT2D eigenvalue weighted by atomic mass is 35.5. The molecule has 0 unspecified atom stereocenters. The summed E-state index contributed by atoms with van der Waals surface area (Å²) in [4.78, 5) is 0. The molecule has 0 aliphatic carbocycles. The number of halogens is 3. The number of anilines is 1. The maximum atomic E-state index is 5.68. The van der Waals surface area contributed by atoms with Crippen molar-refractivity contribution < 1.29 is 0 Å². The van der Waals surface area contributed by atoms with Gasteiger partial charge in [0.15, 0.2) is 0 Å². The summed E-state index contributed by atoms with van der Waals surface area (Å²) in [6.07, 6.45) is 0. The van der Waals surface area contributed by atoms with Crippen molar-refractivity contribution in [1.29, 1.82) is 0 Å². The van der Waals surface area contributed by atoms with Crippen molar-refractivity contribution in [2.24, 2.45) is 0 Å². The van der Waals surface area contributed by atoms with E-state index in [4.69, 9.17) is 35.2 Å². The van der Waals surface area contributed by atoms with Crippen molar-refractivity contribution in [2.45, 2.75) is 0 Å². The van der Waals surface area contributed by atoms with Gasteiger partial charge in [-0.3, -0.25) is 5.43 Å². The van der Waals surface area contributed by atoms with Gasteiger partial charge in [0.2, 0.25) is 0 Å². The Kier molecular flexibility index (Phi) is 3.27. The number of nitrogens with one attached hydrogen (secondary N) is 1. The third-order valence-electron chi connectivity index (χ3n) is 1.04. The molecule has 1 rings (SSSR count). The summed E-state index contributed by atoms with van der Waals surface area (Å²) >= 11 is 16.3. The Hall–Kier alpha value is -0.150. The van der Waals surface area contributed by atoms with E-state index >= 15 is 0 Å². The van der Waals surface area contributed by atoms with Gasteiger partial charge in [-0.05, 0) is 22.2 Å². The summed E-state index contributed by atoms with van der Waals surface area (Å²) < 4.78 is 0.811. The van der Waals surface area contributed by atoms with Crippen LogP contribution in [-0.2, 0) is 0 Å². The van der Waals surface area contributed by atoms with E-state index in [1.807, 2.05) is 0 Å². The van der Waals surface area contributed by atoms with E-state index in [0.29, 0.717) is 5.02 Å². The lowest BCUT2D eigenvalue weighted by Gasteiger charge is -2.06. The predicted octanol–water partition coefficient (Wildman–Crippen LogP) is 3.28. The van der Waals surface area contributed by atoms with Crippen molar-refractivity contribution in [3.63, 3.8) is 0 Å². The maximum absolute atomic E-state index is 5.68. The number of nitrogens with zero attached hydrogens (tertiary/aromatic N) is 1. The predicted molar refractivity (Wildman–Crippen MR) is 48.6 cm³/mol. The van der Waals surface area contributed by atoms with Crippen LogP contribution in [0.4, 0.5) is 5.69 Å². The number of benzene rings is 1. The van der Waals surface area contributed by atoms with E-state index in [1.54, 1.807) is 24.3 Å². The highest BCUT2D eigenvalue weighted by Crippen LogP contribution is 2.16. The van der Waals surface area contributed by atoms with Crippen molar-refractivity contribution in [3.8, 4) is 0 Å². The van der Waals surface area contributed by atoms with Gasteiger partial charge in [0.05, 0.1) is 5.69 Å². The molecule has 0 atom stereocenters. The minimum absolute atomic E-state index is 0.630. The summed E-state index contributed by atoms with van der Waals surface area (Å²) in [5.74, 6) is 0. The molecular formula is C6H5Cl3N2. The zero-order chi connectivity index (χ0) is 8.27. The van der Waals surface area contributed by atoms with Crippen LogP contribution >= 0.6 is 35.2 Å². The SMILES string of the molecule is Clc1cccc(NN(Cl)Cl)c1. The third-order valence-corrected chi connectivity index (χ3v) is 1.44. The molecule has 0 aliphatic rings. The number of rotatable bonds is 2. The van der Waals surface area contributed by atoms with Crippen molar-refractivity contribution >= 4 is 40.8 Å². The molecule has 0 spiro atoms. The van der Waals surface area contributed by atoms with Crippen LogP contribution in [0.15, 0.2) is 24.3 Å². The van der Waals surface area contributed by atoms with Gasteiger partial charge < -0.3 is 0 Å². The second-order valence-electron chi connectivity index (χ2n) is 1.86. The Morgan fingerprint density at radius 2 is 2.00 bits per heavy atom. The molecule has 0 fully saturated rings. The highest BCUT2D eigenvalue weighted by molar-refractivity contribution is 6.34. The molecule has 0 bridgehead atoms. The minimum Gasteiger partial charge on any atom is -0.291 e. The molecule has 0 amide bonds. The molecule has 0 saturated carbocycles. The molecular weight excluding hydrogens is 206 g/mol. The standard InChI is InChI=1S/C6H5Cl3N2/c7-5-2-1-3-6(4-5)10-11(8)9/h1-4,10H. The zero-order valence-corrected chi connectivity index (χ0v) is 7.66. The maximum Gasteiger partial charge on any atom is 0.0530 e. The first kappa shape index (κ1) is 8.94. The Labute approximate surface area is 79.8 Å². The Morgan fingerprint density at radius 1 is 1.27 bits per heavy atom. The van der Waals surface area contributed by atoms with Crippen LogP contribution in [0.1, 0.15) is 0 Å². The molecule has 0 radical (unpaired) electrons. The molecule has 60 valence electrons. The minimum atomic E-state index is 0.630. The fourth-order valence-corrected chi connectivity index (χ4v) is 1.04. The van der Waals surface area contributed by atoms with Gasteiger partial charge in [-0.15, -0.1) is 0 Å². The smallest absolute Gasteiger partial charge is 0.0530 e. The highest BCUT2D eigenvalue weighted by Gasteiger charge is 1.95. The largest absolute Gasteiger partial charge is 0.291 e. The number of hydrogen-bond acceptors (Lipinski definition) is 2. The van der Waals surface area contributed by atoms with Gasteiger partial charge >= 0.3 is 0 Å². The number of hydrazine groups is 1. The lowest BCUT2D eigenvalue weighted by atomic mass is 10.3. The normalized spacial score (nSPS) is 10.2. The van der Waals surface area contributed by atoms with E-state index in [0.717, 1.165) is 9.73 Å². The van der Waals surface area contributed by atoms with Crippen LogP contribution in [0.2, 0.25) is 5.02 Å². The summed E-state index contributed by atoms with van der Waals surface area (Å²) in [7, 11) is 0. The van der Waals surface area contributed by atoms with Crippen molar-refractivity contribution in [3.05, 3.63) is 29.3 Å². The lowest BCUT2D eigenvalue weighted by Crippen LogP contribution is -2.06. The molecule has 11 heavy (non-hydrogen) atoms. The Bertz CT molecular complexity index is 239. The van der Waals surface area contributed by atoms with Crippen molar-refractivity contribution in [1.82, 2.24) is 4.05 Å². The summed E-state index contributed by atoms with van der Waals surface area (Å²) in [5, 5.41) is 0.630. The first-order valence-electron chi connectivity index (χ1n) is 2.82. The molecule has 1 aromatic carbocycles. The summed E-state index contributed by atoms with van der Waals surface area (Å²) in [6, 6.07) is 7.06. The van der Waals surface area contributed by atoms with Gasteiger partial charge in [0.1, 0.15) is 0 Å². The second kappa shape index (κ2) is 4.02. The first-order valence-corrected chi connectivity index (χ1v) is 3.88. The molecule has 1 N–H and O–H groups in total. The summed E-state index contributed by atoms with van der Waals surface area (Å²) in [6.45, 7) is 0. The fourth-order valence-electron chi connectivity index (χ4n) is 0.656. The Morgan fingerprint density at radius 3 is 2.55 bits per heavy atom. The topological polar surface area (TPSA) is 15.3 Å². The molecule has 0 saturated heterocycles. The van der Waals surface area contributed by atoms with E-state index in [1.165, 1.54) is 0 Å². The monoisotopic (exact) mass is 210 g/mol. The van der Waals surface area contributed by atoms with Crippen LogP contribution in [0.25, 0.3) is 0 Å². The van der Waals surface area contributed by atoms with Crippen LogP contribution < -0.4 is 5.43 Å². The first-order chi connectivity index (χ1) is 5.18. The van der Waals surface area contributed by atoms with Gasteiger partial charge in [0, 0.05) is 28.6 Å². The van der Waals surface area contributed by atoms with Crippen LogP contribution in [0, 0.1) is 0 Å². The van der Waals surface area contributed by atoms with E-state index in [-0.39, 0.29) is 0 Å². The molecule has 0 heterocycles. The lowest BCUT2D eigenvalue weighted by molar-refractivity contribution is 0.866. The zero-order valence-electron chi connectivity index (χ0n) is 5.39. The van der Waals surface area contributed by atoms with Gasteiger partial charge in [-0.1, -0.05) is 17.7 Å². The third kappa shape index (κ3) is 3.16. The van der Waals surface area contributed by atoms with Crippen LogP contribution in [0.3, 0.4) is 0 Å². The summed E-state index contributed by atoms with van der Waals surface area (Å²) in [5.41, 5.74) is 3.36. The molecule has 0 aromatic heterocycles. The fraction of sp³-hybridized carbons (Fsp3) is 0. The molecule has 5 heteroatoms. The quantitative estimate of drug-likeness (QED) is 0.597. The molecule has 1 aromatic rings. The second-order valence-corrected chi connectivity index (χ2v) is 3.14. The van der Waals surface area contributed by atoms with Gasteiger partial charge in [-0.25, -0.2) is 0 Å². The van der Waals surface area contributed by atoms with Crippen LogP contribution in [-0.4, -0.2) is 4.05 Å². The van der Waals surface area contributed by atoms with E-state index < -0.39 is 0 Å². The van der Waals surface area contributed by atoms with Gasteiger partial charge in [-0.2, -0.15) is 0 Å².